The van der Waals surface area contributed by atoms with E-state index < -0.39 is 5.63 Å². The molecule has 0 unspecified atom stereocenters. The molecule has 7 heteroatoms. The molecule has 6 nitrogen and oxygen atoms in total. The largest absolute Gasteiger partial charge is 0.421 e. The first-order valence-electron chi connectivity index (χ1n) is 9.85. The zero-order valence-corrected chi connectivity index (χ0v) is 18.2. The van der Waals surface area contributed by atoms with Gasteiger partial charge < -0.3 is 15.1 Å². The van der Waals surface area contributed by atoms with Gasteiger partial charge in [-0.2, -0.15) is 0 Å². The zero-order valence-electron chi connectivity index (χ0n) is 17.4. The van der Waals surface area contributed by atoms with Crippen molar-refractivity contribution in [3.8, 4) is 11.1 Å². The molecule has 0 fully saturated rings. The first kappa shape index (κ1) is 22.3. The minimum absolute atomic E-state index is 0.0495. The van der Waals surface area contributed by atoms with Crippen molar-refractivity contribution < 1.29 is 14.0 Å². The van der Waals surface area contributed by atoms with Crippen molar-refractivity contribution in [2.24, 2.45) is 0 Å². The van der Waals surface area contributed by atoms with E-state index in [1.54, 1.807) is 48.2 Å². The van der Waals surface area contributed by atoms with E-state index in [2.05, 4.69) is 6.58 Å². The lowest BCUT2D eigenvalue weighted by atomic mass is 9.97. The molecule has 0 aliphatic rings. The Balaban J connectivity index is 2.09. The molecule has 0 saturated heterocycles. The number of fused-ring (bicyclic) bond motifs is 1. The summed E-state index contributed by atoms with van der Waals surface area (Å²) < 4.78 is 5.45. The molecule has 1 amide bonds. The van der Waals surface area contributed by atoms with Crippen LogP contribution in [0.25, 0.3) is 22.1 Å². The molecule has 0 aliphatic heterocycles. The Bertz CT molecular complexity index is 1230. The van der Waals surface area contributed by atoms with E-state index in [-0.39, 0.29) is 27.8 Å². The Morgan fingerprint density at radius 2 is 1.97 bits per heavy atom. The lowest BCUT2D eigenvalue weighted by Gasteiger charge is -2.20. The monoisotopic (exact) mass is 438 g/mol. The van der Waals surface area contributed by atoms with E-state index in [4.69, 9.17) is 21.8 Å². The standard InChI is InChI=1S/C24H23ClN2O4/c1-4-10-27(11-5-2)23(29)16-8-6-15(7-9-16)20-14(3)17-12-19(25)21(26)18(13-28)22(17)31-24(20)30/h4,6-9,12-13H,1,5,10-11,26H2,2-3H3. The van der Waals surface area contributed by atoms with E-state index in [0.29, 0.717) is 47.0 Å². The molecular formula is C24H23ClN2O4. The van der Waals surface area contributed by atoms with Crippen molar-refractivity contribution in [3.63, 3.8) is 0 Å². The van der Waals surface area contributed by atoms with E-state index in [9.17, 15) is 14.4 Å². The molecule has 160 valence electrons. The summed E-state index contributed by atoms with van der Waals surface area (Å²) in [6, 6.07) is 8.35. The van der Waals surface area contributed by atoms with Crippen LogP contribution in [0.5, 0.6) is 0 Å². The molecule has 31 heavy (non-hydrogen) atoms. The predicted octanol–water partition coefficient (Wildman–Crippen LogP) is 4.85. The second-order valence-corrected chi connectivity index (χ2v) is 7.59. The zero-order chi connectivity index (χ0) is 22.7. The predicted molar refractivity (Wildman–Crippen MR) is 124 cm³/mol. The Kier molecular flexibility index (Phi) is 6.61. The number of amides is 1. The minimum Gasteiger partial charge on any atom is -0.421 e. The highest BCUT2D eigenvalue weighted by molar-refractivity contribution is 6.35. The fourth-order valence-corrected chi connectivity index (χ4v) is 3.81. The van der Waals surface area contributed by atoms with E-state index in [1.165, 1.54) is 0 Å². The normalized spacial score (nSPS) is 10.8. The molecule has 0 spiro atoms. The molecule has 0 bridgehead atoms. The molecule has 0 aliphatic carbocycles. The number of nitrogens with zero attached hydrogens (tertiary/aromatic N) is 1. The number of nitrogens with two attached hydrogens (primary N) is 1. The number of carbonyl (C=O) groups excluding carboxylic acids is 2. The van der Waals surface area contributed by atoms with Crippen molar-refractivity contribution >= 4 is 40.5 Å². The molecule has 1 heterocycles. The van der Waals surface area contributed by atoms with Gasteiger partial charge in [0.05, 0.1) is 21.8 Å². The summed E-state index contributed by atoms with van der Waals surface area (Å²) >= 11 is 6.17. The highest BCUT2D eigenvalue weighted by atomic mass is 35.5. The number of halogens is 1. The van der Waals surface area contributed by atoms with Gasteiger partial charge in [0.1, 0.15) is 0 Å². The molecule has 3 rings (SSSR count). The highest BCUT2D eigenvalue weighted by Crippen LogP contribution is 2.34. The van der Waals surface area contributed by atoms with Crippen LogP contribution in [0.15, 0.2) is 52.2 Å². The van der Waals surface area contributed by atoms with Gasteiger partial charge in [0.15, 0.2) is 11.9 Å². The number of benzene rings is 2. The number of rotatable bonds is 7. The fourth-order valence-electron chi connectivity index (χ4n) is 3.60. The molecule has 2 aromatic carbocycles. The molecule has 0 saturated carbocycles. The number of carbonyl (C=O) groups is 2. The summed E-state index contributed by atoms with van der Waals surface area (Å²) in [5.41, 5.74) is 7.52. The average Bonchev–Trinajstić information content (AvgIpc) is 2.75. The average molecular weight is 439 g/mol. The smallest absolute Gasteiger partial charge is 0.344 e. The molecule has 0 radical (unpaired) electrons. The second-order valence-electron chi connectivity index (χ2n) is 7.19. The molecular weight excluding hydrogens is 416 g/mol. The quantitative estimate of drug-likeness (QED) is 0.246. The van der Waals surface area contributed by atoms with Crippen LogP contribution in [0.2, 0.25) is 5.02 Å². The number of aldehydes is 1. The number of nitrogen functional groups attached to an aromatic ring is 1. The molecule has 1 aromatic heterocycles. The van der Waals surface area contributed by atoms with Gasteiger partial charge in [0.2, 0.25) is 0 Å². The third kappa shape index (κ3) is 4.11. The van der Waals surface area contributed by atoms with Gasteiger partial charge in [-0.25, -0.2) is 4.79 Å². The Morgan fingerprint density at radius 1 is 1.29 bits per heavy atom. The molecule has 0 atom stereocenters. The van der Waals surface area contributed by atoms with Crippen LogP contribution < -0.4 is 11.4 Å². The van der Waals surface area contributed by atoms with Gasteiger partial charge >= 0.3 is 5.63 Å². The van der Waals surface area contributed by atoms with Crippen LogP contribution in [0, 0.1) is 6.92 Å². The third-order valence-electron chi connectivity index (χ3n) is 5.15. The Hall–Kier alpha value is -3.38. The first-order chi connectivity index (χ1) is 14.8. The number of hydrogen-bond acceptors (Lipinski definition) is 5. The fraction of sp³-hybridized carbons (Fsp3) is 0.208. The summed E-state index contributed by atoms with van der Waals surface area (Å²) in [6.45, 7) is 8.55. The van der Waals surface area contributed by atoms with E-state index >= 15 is 0 Å². The maximum absolute atomic E-state index is 12.8. The maximum atomic E-state index is 12.8. The molecule has 2 N–H and O–H groups in total. The van der Waals surface area contributed by atoms with Crippen LogP contribution in [0.4, 0.5) is 5.69 Å². The number of aryl methyl sites for hydroxylation is 1. The molecule has 3 aromatic rings. The van der Waals surface area contributed by atoms with E-state index in [1.807, 2.05) is 6.92 Å². The summed E-state index contributed by atoms with van der Waals surface area (Å²) in [5, 5.41) is 0.729. The second kappa shape index (κ2) is 9.18. The van der Waals surface area contributed by atoms with Gasteiger partial charge in [-0.15, -0.1) is 6.58 Å². The van der Waals surface area contributed by atoms with Gasteiger partial charge in [-0.3, -0.25) is 9.59 Å². The van der Waals surface area contributed by atoms with Crippen molar-refractivity contribution in [1.82, 2.24) is 4.90 Å². The topological polar surface area (TPSA) is 93.6 Å². The van der Waals surface area contributed by atoms with Crippen LogP contribution in [0.1, 0.15) is 39.6 Å². The lowest BCUT2D eigenvalue weighted by Crippen LogP contribution is -2.31. The van der Waals surface area contributed by atoms with Crippen molar-refractivity contribution in [2.75, 3.05) is 18.8 Å². The van der Waals surface area contributed by atoms with Crippen molar-refractivity contribution in [1.29, 1.82) is 0 Å². The summed E-state index contributed by atoms with van der Waals surface area (Å²) in [5.74, 6) is -0.103. The minimum atomic E-state index is -0.604. The van der Waals surface area contributed by atoms with Crippen LogP contribution in [-0.4, -0.2) is 30.2 Å². The van der Waals surface area contributed by atoms with Crippen LogP contribution >= 0.6 is 11.6 Å². The van der Waals surface area contributed by atoms with Gasteiger partial charge in [0, 0.05) is 24.0 Å². The van der Waals surface area contributed by atoms with Crippen LogP contribution in [-0.2, 0) is 0 Å². The summed E-state index contributed by atoms with van der Waals surface area (Å²) in [4.78, 5) is 38.7. The maximum Gasteiger partial charge on any atom is 0.344 e. The van der Waals surface area contributed by atoms with Gasteiger partial charge in [0.25, 0.3) is 5.91 Å². The lowest BCUT2D eigenvalue weighted by molar-refractivity contribution is 0.0774. The number of anilines is 1. The summed E-state index contributed by atoms with van der Waals surface area (Å²) in [7, 11) is 0. The third-order valence-corrected chi connectivity index (χ3v) is 5.47. The first-order valence-corrected chi connectivity index (χ1v) is 10.2. The van der Waals surface area contributed by atoms with Crippen molar-refractivity contribution in [2.45, 2.75) is 20.3 Å². The van der Waals surface area contributed by atoms with Gasteiger partial charge in [-0.1, -0.05) is 36.7 Å². The SMILES string of the molecule is C=CCN(CCC)C(=O)c1ccc(-c2c(C)c3cc(Cl)c(N)c(C=O)c3oc2=O)cc1. The van der Waals surface area contributed by atoms with Crippen LogP contribution in [0.3, 0.4) is 0 Å². The number of hydrogen-bond donors (Lipinski definition) is 1. The van der Waals surface area contributed by atoms with Gasteiger partial charge in [-0.05, 0) is 42.7 Å². The highest BCUT2D eigenvalue weighted by Gasteiger charge is 2.20. The van der Waals surface area contributed by atoms with E-state index in [0.717, 1.165) is 6.42 Å². The Labute approximate surface area is 184 Å². The Morgan fingerprint density at radius 3 is 2.55 bits per heavy atom. The van der Waals surface area contributed by atoms with Crippen molar-refractivity contribution in [3.05, 3.63) is 75.1 Å². The summed E-state index contributed by atoms with van der Waals surface area (Å²) in [6.07, 6.45) is 3.05.